The average molecular weight is 382 g/mol. The summed E-state index contributed by atoms with van der Waals surface area (Å²) >= 11 is 11.3. The molecule has 1 amide bonds. The van der Waals surface area contributed by atoms with E-state index in [9.17, 15) is 9.18 Å². The Labute approximate surface area is 155 Å². The van der Waals surface area contributed by atoms with E-state index in [-0.39, 0.29) is 17.5 Å². The molecule has 25 heavy (non-hydrogen) atoms. The first kappa shape index (κ1) is 19.0. The van der Waals surface area contributed by atoms with E-state index in [2.05, 4.69) is 16.2 Å². The summed E-state index contributed by atoms with van der Waals surface area (Å²) in [6.07, 6.45) is 0. The van der Waals surface area contributed by atoms with Gasteiger partial charge in [-0.15, -0.1) is 0 Å². The fourth-order valence-corrected chi connectivity index (χ4v) is 2.61. The van der Waals surface area contributed by atoms with Crippen molar-refractivity contribution in [2.24, 2.45) is 0 Å². The molecule has 3 N–H and O–H groups in total. The van der Waals surface area contributed by atoms with E-state index in [0.29, 0.717) is 10.7 Å². The van der Waals surface area contributed by atoms with Crippen LogP contribution in [0.3, 0.4) is 0 Å². The molecule has 2 rings (SSSR count). The van der Waals surface area contributed by atoms with Gasteiger partial charge in [-0.1, -0.05) is 29.8 Å². The molecule has 0 fully saturated rings. The second-order valence-electron chi connectivity index (χ2n) is 5.29. The van der Waals surface area contributed by atoms with Crippen LogP contribution in [0.5, 0.6) is 5.75 Å². The lowest BCUT2D eigenvalue weighted by Crippen LogP contribution is -2.45. The molecule has 0 heterocycles. The number of carbonyl (C=O) groups excluding carboxylic acids is 1. The number of halogens is 2. The van der Waals surface area contributed by atoms with Crippen molar-refractivity contribution in [3.05, 3.63) is 58.4 Å². The Morgan fingerprint density at radius 3 is 2.64 bits per heavy atom. The topological polar surface area (TPSA) is 62.4 Å². The highest BCUT2D eigenvalue weighted by molar-refractivity contribution is 7.80. The number of hydrogen-bond acceptors (Lipinski definition) is 3. The third-order valence-electron chi connectivity index (χ3n) is 3.18. The number of rotatable bonds is 4. The number of benzene rings is 2. The third-order valence-corrected chi connectivity index (χ3v) is 3.68. The lowest BCUT2D eigenvalue weighted by Gasteiger charge is -2.15. The van der Waals surface area contributed by atoms with Crippen LogP contribution in [0.25, 0.3) is 0 Å². The van der Waals surface area contributed by atoms with Crippen molar-refractivity contribution in [2.75, 3.05) is 11.9 Å². The highest BCUT2D eigenvalue weighted by atomic mass is 35.5. The Kier molecular flexibility index (Phi) is 6.55. The number of aryl methyl sites for hydroxylation is 2. The van der Waals surface area contributed by atoms with Crippen molar-refractivity contribution < 1.29 is 13.9 Å². The van der Waals surface area contributed by atoms with Gasteiger partial charge in [-0.2, -0.15) is 0 Å². The first-order valence-electron chi connectivity index (χ1n) is 7.36. The molecule has 0 saturated carbocycles. The van der Waals surface area contributed by atoms with E-state index < -0.39 is 11.7 Å². The van der Waals surface area contributed by atoms with Gasteiger partial charge in [0.1, 0.15) is 0 Å². The van der Waals surface area contributed by atoms with E-state index in [1.165, 1.54) is 18.2 Å². The molecule has 5 nitrogen and oxygen atoms in total. The molecule has 0 saturated heterocycles. The first-order chi connectivity index (χ1) is 11.9. The second-order valence-corrected chi connectivity index (χ2v) is 6.10. The van der Waals surface area contributed by atoms with Crippen molar-refractivity contribution in [3.63, 3.8) is 0 Å². The van der Waals surface area contributed by atoms with Crippen molar-refractivity contribution in [3.8, 4) is 5.75 Å². The summed E-state index contributed by atoms with van der Waals surface area (Å²) in [6.45, 7) is 3.47. The van der Waals surface area contributed by atoms with Gasteiger partial charge in [0, 0.05) is 0 Å². The number of thiocarbonyl (C=S) groups is 1. The Bertz CT molecular complexity index is 778. The SMILES string of the molecule is Cc1cc(C)c(NC(=S)NNC(=O)COc2ccccc2F)c(Cl)c1. The van der Waals surface area contributed by atoms with Crippen molar-refractivity contribution in [1.29, 1.82) is 0 Å². The molecule has 8 heteroatoms. The molecule has 0 unspecified atom stereocenters. The molecular weight excluding hydrogens is 365 g/mol. The number of para-hydroxylation sites is 1. The average Bonchev–Trinajstić information content (AvgIpc) is 2.55. The predicted octanol–water partition coefficient (Wildman–Crippen LogP) is 3.49. The fraction of sp³-hybridized carbons (Fsp3) is 0.176. The van der Waals surface area contributed by atoms with Crippen LogP contribution in [0.1, 0.15) is 11.1 Å². The zero-order valence-corrected chi connectivity index (χ0v) is 15.2. The highest BCUT2D eigenvalue weighted by Crippen LogP contribution is 2.27. The fourth-order valence-electron chi connectivity index (χ4n) is 2.09. The van der Waals surface area contributed by atoms with Crippen LogP contribution >= 0.6 is 23.8 Å². The van der Waals surface area contributed by atoms with Crippen LogP contribution in [-0.2, 0) is 4.79 Å². The minimum Gasteiger partial charge on any atom is -0.481 e. The molecule has 0 spiro atoms. The minimum atomic E-state index is -0.537. The van der Waals surface area contributed by atoms with Crippen LogP contribution < -0.4 is 20.9 Å². The number of ether oxygens (including phenoxy) is 1. The van der Waals surface area contributed by atoms with Crippen molar-refractivity contribution in [1.82, 2.24) is 10.9 Å². The largest absolute Gasteiger partial charge is 0.481 e. The monoisotopic (exact) mass is 381 g/mol. The van der Waals surface area contributed by atoms with Crippen LogP contribution in [-0.4, -0.2) is 17.6 Å². The van der Waals surface area contributed by atoms with Gasteiger partial charge in [-0.05, 0) is 55.4 Å². The summed E-state index contributed by atoms with van der Waals surface area (Å²) in [5.41, 5.74) is 7.51. The first-order valence-corrected chi connectivity index (χ1v) is 8.15. The van der Waals surface area contributed by atoms with Crippen molar-refractivity contribution >= 4 is 40.5 Å². The molecule has 132 valence electrons. The summed E-state index contributed by atoms with van der Waals surface area (Å²) in [4.78, 5) is 11.7. The number of anilines is 1. The summed E-state index contributed by atoms with van der Waals surface area (Å²) in [7, 11) is 0. The third kappa shape index (κ3) is 5.58. The quantitative estimate of drug-likeness (QED) is 0.559. The van der Waals surface area contributed by atoms with E-state index >= 15 is 0 Å². The van der Waals surface area contributed by atoms with Crippen LogP contribution in [0, 0.1) is 19.7 Å². The molecule has 2 aromatic rings. The van der Waals surface area contributed by atoms with Crippen LogP contribution in [0.15, 0.2) is 36.4 Å². The summed E-state index contributed by atoms with van der Waals surface area (Å²) in [5, 5.41) is 3.60. The predicted molar refractivity (Wildman–Crippen MR) is 100 cm³/mol. The van der Waals surface area contributed by atoms with Gasteiger partial charge >= 0.3 is 0 Å². The number of nitrogens with one attached hydrogen (secondary N) is 3. The van der Waals surface area contributed by atoms with Gasteiger partial charge in [-0.3, -0.25) is 15.6 Å². The molecule has 0 aliphatic carbocycles. The van der Waals surface area contributed by atoms with E-state index in [1.54, 1.807) is 12.1 Å². The molecule has 0 aliphatic rings. The molecule has 0 radical (unpaired) electrons. The zero-order chi connectivity index (χ0) is 18.4. The highest BCUT2D eigenvalue weighted by Gasteiger charge is 2.09. The normalized spacial score (nSPS) is 10.1. The number of amides is 1. The number of carbonyl (C=O) groups is 1. The van der Waals surface area contributed by atoms with Crippen LogP contribution in [0.2, 0.25) is 5.02 Å². The standard InChI is InChI=1S/C17H17ClFN3O2S/c1-10-7-11(2)16(12(18)8-10)20-17(25)22-21-15(23)9-24-14-6-4-3-5-13(14)19/h3-8H,9H2,1-2H3,(H,21,23)(H2,20,22,25). The number of hydrogen-bond donors (Lipinski definition) is 3. The lowest BCUT2D eigenvalue weighted by molar-refractivity contribution is -0.123. The van der Waals surface area contributed by atoms with Gasteiger partial charge in [0.2, 0.25) is 0 Å². The zero-order valence-electron chi connectivity index (χ0n) is 13.7. The molecule has 0 atom stereocenters. The maximum Gasteiger partial charge on any atom is 0.276 e. The van der Waals surface area contributed by atoms with Crippen LogP contribution in [0.4, 0.5) is 10.1 Å². The maximum atomic E-state index is 13.4. The Morgan fingerprint density at radius 1 is 1.24 bits per heavy atom. The Hall–Kier alpha value is -2.38. The summed E-state index contributed by atoms with van der Waals surface area (Å²) in [6, 6.07) is 9.59. The van der Waals surface area contributed by atoms with E-state index in [0.717, 1.165) is 11.1 Å². The summed E-state index contributed by atoms with van der Waals surface area (Å²) in [5.74, 6) is -1.05. The van der Waals surface area contributed by atoms with Gasteiger partial charge in [-0.25, -0.2) is 4.39 Å². The molecule has 2 aromatic carbocycles. The second kappa shape index (κ2) is 8.64. The van der Waals surface area contributed by atoms with Gasteiger partial charge in [0.15, 0.2) is 23.3 Å². The van der Waals surface area contributed by atoms with E-state index in [4.69, 9.17) is 28.6 Å². The van der Waals surface area contributed by atoms with Gasteiger partial charge < -0.3 is 10.1 Å². The molecule has 0 aromatic heterocycles. The molecule has 0 aliphatic heterocycles. The van der Waals surface area contributed by atoms with Crippen molar-refractivity contribution in [2.45, 2.75) is 13.8 Å². The minimum absolute atomic E-state index is 0.000383. The smallest absolute Gasteiger partial charge is 0.276 e. The number of hydrazine groups is 1. The maximum absolute atomic E-state index is 13.4. The molecule has 0 bridgehead atoms. The van der Waals surface area contributed by atoms with E-state index in [1.807, 2.05) is 19.9 Å². The van der Waals surface area contributed by atoms with Gasteiger partial charge in [0.05, 0.1) is 10.7 Å². The Morgan fingerprint density at radius 2 is 1.96 bits per heavy atom. The lowest BCUT2D eigenvalue weighted by atomic mass is 10.1. The van der Waals surface area contributed by atoms with Gasteiger partial charge in [0.25, 0.3) is 5.91 Å². The molecular formula is C17H17ClFN3O2S. The Balaban J connectivity index is 1.82. The summed E-state index contributed by atoms with van der Waals surface area (Å²) < 4.78 is 18.5.